The molecule has 1 aromatic heterocycles. The van der Waals surface area contributed by atoms with E-state index in [1.165, 1.54) is 6.20 Å². The summed E-state index contributed by atoms with van der Waals surface area (Å²) in [6.45, 7) is 8.22. The Labute approximate surface area is 113 Å². The number of nitrogen functional groups attached to an aromatic ring is 1. The van der Waals surface area contributed by atoms with Gasteiger partial charge in [0.05, 0.1) is 6.20 Å². The standard InChI is InChI=1S/C11H21ClN6/c1-3-6-18(4-2)7-5-14-10-9(12)8-15-11(16-10)17-13/h8H,3-7,13H2,1-2H3,(H2,14,15,16,17). The number of anilines is 2. The van der Waals surface area contributed by atoms with E-state index in [4.69, 9.17) is 17.4 Å². The second-order valence-corrected chi connectivity index (χ2v) is 4.30. The lowest BCUT2D eigenvalue weighted by Crippen LogP contribution is -2.29. The molecule has 18 heavy (non-hydrogen) atoms. The van der Waals surface area contributed by atoms with Gasteiger partial charge in [0.15, 0.2) is 5.82 Å². The van der Waals surface area contributed by atoms with Crippen molar-refractivity contribution in [3.63, 3.8) is 0 Å². The van der Waals surface area contributed by atoms with Crippen LogP contribution < -0.4 is 16.6 Å². The van der Waals surface area contributed by atoms with Crippen molar-refractivity contribution in [2.24, 2.45) is 5.84 Å². The van der Waals surface area contributed by atoms with Gasteiger partial charge >= 0.3 is 0 Å². The van der Waals surface area contributed by atoms with Gasteiger partial charge in [-0.1, -0.05) is 25.4 Å². The van der Waals surface area contributed by atoms with Gasteiger partial charge in [-0.25, -0.2) is 10.8 Å². The van der Waals surface area contributed by atoms with Crippen molar-refractivity contribution in [1.82, 2.24) is 14.9 Å². The van der Waals surface area contributed by atoms with Gasteiger partial charge in [0.25, 0.3) is 0 Å². The van der Waals surface area contributed by atoms with E-state index in [0.29, 0.717) is 16.8 Å². The molecule has 0 spiro atoms. The van der Waals surface area contributed by atoms with E-state index in [-0.39, 0.29) is 0 Å². The third-order valence-corrected chi connectivity index (χ3v) is 2.86. The summed E-state index contributed by atoms with van der Waals surface area (Å²) >= 11 is 5.99. The average Bonchev–Trinajstić information content (AvgIpc) is 2.39. The van der Waals surface area contributed by atoms with Crippen molar-refractivity contribution in [2.45, 2.75) is 20.3 Å². The van der Waals surface area contributed by atoms with Gasteiger partial charge in [-0.3, -0.25) is 5.43 Å². The number of nitrogens with one attached hydrogen (secondary N) is 2. The maximum absolute atomic E-state index is 5.99. The number of halogens is 1. The predicted octanol–water partition coefficient (Wildman–Crippen LogP) is 1.56. The van der Waals surface area contributed by atoms with Crippen LogP contribution in [-0.2, 0) is 0 Å². The highest BCUT2D eigenvalue weighted by Crippen LogP contribution is 2.18. The first-order chi connectivity index (χ1) is 8.71. The third kappa shape index (κ3) is 4.64. The normalized spacial score (nSPS) is 10.7. The van der Waals surface area contributed by atoms with E-state index in [9.17, 15) is 0 Å². The maximum atomic E-state index is 5.99. The summed E-state index contributed by atoms with van der Waals surface area (Å²) in [4.78, 5) is 10.4. The van der Waals surface area contributed by atoms with Crippen molar-refractivity contribution in [3.8, 4) is 0 Å². The molecule has 4 N–H and O–H groups in total. The van der Waals surface area contributed by atoms with E-state index in [2.05, 4.69) is 39.5 Å². The molecular weight excluding hydrogens is 252 g/mol. The number of nitrogens with two attached hydrogens (primary N) is 1. The first kappa shape index (κ1) is 14.9. The van der Waals surface area contributed by atoms with Crippen LogP contribution in [0.15, 0.2) is 6.20 Å². The third-order valence-electron chi connectivity index (χ3n) is 2.58. The summed E-state index contributed by atoms with van der Waals surface area (Å²) in [7, 11) is 0. The molecule has 0 atom stereocenters. The Bertz CT molecular complexity index is 359. The molecule has 0 aliphatic rings. The highest BCUT2D eigenvalue weighted by Gasteiger charge is 2.05. The summed E-state index contributed by atoms with van der Waals surface area (Å²) in [6.07, 6.45) is 2.68. The molecule has 0 unspecified atom stereocenters. The van der Waals surface area contributed by atoms with Gasteiger partial charge in [0.1, 0.15) is 5.02 Å². The van der Waals surface area contributed by atoms with Gasteiger partial charge in [-0.2, -0.15) is 4.98 Å². The van der Waals surface area contributed by atoms with Crippen molar-refractivity contribution < 1.29 is 0 Å². The minimum Gasteiger partial charge on any atom is -0.367 e. The van der Waals surface area contributed by atoms with Crippen LogP contribution in [0.3, 0.4) is 0 Å². The predicted molar refractivity (Wildman–Crippen MR) is 75.7 cm³/mol. The first-order valence-electron chi connectivity index (χ1n) is 6.16. The zero-order chi connectivity index (χ0) is 13.4. The molecule has 0 saturated heterocycles. The first-order valence-corrected chi connectivity index (χ1v) is 6.54. The molecular formula is C11H21ClN6. The minimum absolute atomic E-state index is 0.350. The number of hydrogen-bond acceptors (Lipinski definition) is 6. The SMILES string of the molecule is CCCN(CC)CCNc1nc(NN)ncc1Cl. The molecule has 1 rings (SSSR count). The Balaban J connectivity index is 2.47. The lowest BCUT2D eigenvalue weighted by Gasteiger charge is -2.19. The Morgan fingerprint density at radius 3 is 2.78 bits per heavy atom. The van der Waals surface area contributed by atoms with Crippen LogP contribution in [0.25, 0.3) is 0 Å². The van der Waals surface area contributed by atoms with Gasteiger partial charge in [-0.05, 0) is 19.5 Å². The molecule has 102 valence electrons. The number of likely N-dealkylation sites (N-methyl/N-ethyl adjacent to an activating group) is 1. The van der Waals surface area contributed by atoms with Gasteiger partial charge in [0, 0.05) is 13.1 Å². The molecule has 0 amide bonds. The Morgan fingerprint density at radius 1 is 1.39 bits per heavy atom. The molecule has 1 aromatic rings. The smallest absolute Gasteiger partial charge is 0.239 e. The van der Waals surface area contributed by atoms with Gasteiger partial charge in [0.2, 0.25) is 5.95 Å². The Morgan fingerprint density at radius 2 is 2.17 bits per heavy atom. The molecule has 0 saturated carbocycles. The molecule has 0 fully saturated rings. The van der Waals surface area contributed by atoms with Crippen molar-refractivity contribution in [1.29, 1.82) is 0 Å². The minimum atomic E-state index is 0.350. The number of nitrogens with zero attached hydrogens (tertiary/aromatic N) is 3. The molecule has 0 aliphatic heterocycles. The van der Waals surface area contributed by atoms with Crippen LogP contribution in [0.1, 0.15) is 20.3 Å². The molecule has 6 nitrogen and oxygen atoms in total. The van der Waals surface area contributed by atoms with Crippen LogP contribution in [0.4, 0.5) is 11.8 Å². The lowest BCUT2D eigenvalue weighted by molar-refractivity contribution is 0.300. The largest absolute Gasteiger partial charge is 0.367 e. The van der Waals surface area contributed by atoms with Crippen molar-refractivity contribution in [2.75, 3.05) is 36.9 Å². The summed E-state index contributed by atoms with van der Waals surface area (Å²) in [5, 5.41) is 3.68. The Hall–Kier alpha value is -1.11. The maximum Gasteiger partial charge on any atom is 0.239 e. The topological polar surface area (TPSA) is 79.1 Å². The number of hydrogen-bond donors (Lipinski definition) is 3. The fraction of sp³-hybridized carbons (Fsp3) is 0.636. The van der Waals surface area contributed by atoms with Crippen molar-refractivity contribution >= 4 is 23.4 Å². The summed E-state index contributed by atoms with van der Waals surface area (Å²) in [6, 6.07) is 0. The van der Waals surface area contributed by atoms with E-state index in [1.807, 2.05) is 0 Å². The van der Waals surface area contributed by atoms with Crippen LogP contribution in [-0.4, -0.2) is 41.0 Å². The van der Waals surface area contributed by atoms with Gasteiger partial charge < -0.3 is 10.2 Å². The van der Waals surface area contributed by atoms with E-state index >= 15 is 0 Å². The van der Waals surface area contributed by atoms with Crippen LogP contribution in [0, 0.1) is 0 Å². The molecule has 7 heteroatoms. The highest BCUT2D eigenvalue weighted by atomic mass is 35.5. The Kier molecular flexibility index (Phi) is 6.70. The van der Waals surface area contributed by atoms with Gasteiger partial charge in [-0.15, -0.1) is 0 Å². The van der Waals surface area contributed by atoms with E-state index < -0.39 is 0 Å². The van der Waals surface area contributed by atoms with Crippen LogP contribution in [0.5, 0.6) is 0 Å². The fourth-order valence-corrected chi connectivity index (χ4v) is 1.80. The zero-order valence-corrected chi connectivity index (χ0v) is 11.7. The zero-order valence-electron chi connectivity index (χ0n) is 10.9. The summed E-state index contributed by atoms with van der Waals surface area (Å²) < 4.78 is 0. The second kappa shape index (κ2) is 8.07. The summed E-state index contributed by atoms with van der Waals surface area (Å²) in [5.74, 6) is 6.21. The second-order valence-electron chi connectivity index (χ2n) is 3.90. The monoisotopic (exact) mass is 272 g/mol. The summed E-state index contributed by atoms with van der Waals surface area (Å²) in [5.41, 5.74) is 2.39. The van der Waals surface area contributed by atoms with E-state index in [0.717, 1.165) is 32.6 Å². The highest BCUT2D eigenvalue weighted by molar-refractivity contribution is 6.32. The number of rotatable bonds is 8. The molecule has 1 heterocycles. The molecule has 0 bridgehead atoms. The molecule has 0 radical (unpaired) electrons. The number of aromatic nitrogens is 2. The number of hydrazine groups is 1. The average molecular weight is 273 g/mol. The lowest BCUT2D eigenvalue weighted by atomic mass is 10.4. The fourth-order valence-electron chi connectivity index (χ4n) is 1.64. The molecule has 0 aromatic carbocycles. The van der Waals surface area contributed by atoms with E-state index in [1.54, 1.807) is 0 Å². The van der Waals surface area contributed by atoms with Crippen LogP contribution >= 0.6 is 11.6 Å². The van der Waals surface area contributed by atoms with Crippen molar-refractivity contribution in [3.05, 3.63) is 11.2 Å². The quantitative estimate of drug-likeness (QED) is 0.492. The molecule has 0 aliphatic carbocycles. The van der Waals surface area contributed by atoms with Crippen LogP contribution in [0.2, 0.25) is 5.02 Å².